The second-order valence-electron chi connectivity index (χ2n) is 6.27. The van der Waals surface area contributed by atoms with Crippen molar-refractivity contribution in [3.05, 3.63) is 30.3 Å². The lowest BCUT2D eigenvalue weighted by Crippen LogP contribution is -2.46. The third-order valence-electron chi connectivity index (χ3n) is 4.66. The smallest absolute Gasteiger partial charge is 0.246 e. The zero-order valence-corrected chi connectivity index (χ0v) is 14.3. The molecule has 23 heavy (non-hydrogen) atoms. The zero-order chi connectivity index (χ0) is 16.7. The molecule has 0 aliphatic heterocycles. The number of amides is 2. The Morgan fingerprint density at radius 3 is 2.17 bits per heavy atom. The van der Waals surface area contributed by atoms with Crippen molar-refractivity contribution in [3.8, 4) is 0 Å². The topological polar surface area (TPSA) is 40.6 Å². The highest BCUT2D eigenvalue weighted by molar-refractivity contribution is 5.96. The molecule has 1 aromatic carbocycles. The van der Waals surface area contributed by atoms with Gasteiger partial charge in [-0.1, -0.05) is 43.9 Å². The molecule has 4 nitrogen and oxygen atoms in total. The van der Waals surface area contributed by atoms with E-state index in [1.807, 2.05) is 37.3 Å². The Kier molecular flexibility index (Phi) is 6.63. The largest absolute Gasteiger partial charge is 0.331 e. The van der Waals surface area contributed by atoms with Gasteiger partial charge in [0.1, 0.15) is 6.54 Å². The van der Waals surface area contributed by atoms with E-state index in [1.165, 1.54) is 12.8 Å². The van der Waals surface area contributed by atoms with Crippen LogP contribution in [0.25, 0.3) is 0 Å². The Morgan fingerprint density at radius 1 is 1.04 bits per heavy atom. The van der Waals surface area contributed by atoms with Crippen molar-refractivity contribution in [2.24, 2.45) is 0 Å². The summed E-state index contributed by atoms with van der Waals surface area (Å²) in [7, 11) is 0. The lowest BCUT2D eigenvalue weighted by Gasteiger charge is -2.32. The fraction of sp³-hybridized carbons (Fsp3) is 0.579. The van der Waals surface area contributed by atoms with Gasteiger partial charge in [0.15, 0.2) is 0 Å². The fourth-order valence-corrected chi connectivity index (χ4v) is 3.41. The van der Waals surface area contributed by atoms with Gasteiger partial charge in [0.05, 0.1) is 0 Å². The van der Waals surface area contributed by atoms with Crippen LogP contribution in [-0.4, -0.2) is 35.8 Å². The summed E-state index contributed by atoms with van der Waals surface area (Å²) in [6.45, 7) is 4.34. The van der Waals surface area contributed by atoms with Crippen LogP contribution >= 0.6 is 0 Å². The van der Waals surface area contributed by atoms with E-state index in [0.717, 1.165) is 31.4 Å². The molecule has 4 heteroatoms. The van der Waals surface area contributed by atoms with E-state index in [2.05, 4.69) is 0 Å². The van der Waals surface area contributed by atoms with E-state index in [0.29, 0.717) is 6.54 Å². The van der Waals surface area contributed by atoms with Crippen LogP contribution in [0.2, 0.25) is 0 Å². The summed E-state index contributed by atoms with van der Waals surface area (Å²) in [6.07, 6.45) is 6.81. The Bertz CT molecular complexity index is 507. The first-order chi connectivity index (χ1) is 11.1. The predicted octanol–water partition coefficient (Wildman–Crippen LogP) is 3.61. The normalized spacial score (nSPS) is 15.7. The van der Waals surface area contributed by atoms with Gasteiger partial charge in [-0.15, -0.1) is 0 Å². The Balaban J connectivity index is 2.08. The molecule has 0 unspecified atom stereocenters. The summed E-state index contributed by atoms with van der Waals surface area (Å²) in [5.41, 5.74) is 0.893. The van der Waals surface area contributed by atoms with E-state index >= 15 is 0 Å². The first-order valence-electron chi connectivity index (χ1n) is 8.76. The summed E-state index contributed by atoms with van der Waals surface area (Å²) in [5, 5.41) is 0. The molecule has 1 aromatic rings. The van der Waals surface area contributed by atoms with Crippen molar-refractivity contribution >= 4 is 17.5 Å². The van der Waals surface area contributed by atoms with E-state index in [9.17, 15) is 9.59 Å². The number of anilines is 1. The van der Waals surface area contributed by atoms with Crippen LogP contribution in [0, 0.1) is 0 Å². The second-order valence-corrected chi connectivity index (χ2v) is 6.27. The highest BCUT2D eigenvalue weighted by Gasteiger charge is 2.26. The Labute approximate surface area is 139 Å². The molecule has 2 rings (SSSR count). The van der Waals surface area contributed by atoms with Gasteiger partial charge in [-0.2, -0.15) is 0 Å². The maximum absolute atomic E-state index is 12.8. The number of nitrogens with zero attached hydrogens (tertiary/aromatic N) is 2. The molecular formula is C19H28N2O2. The van der Waals surface area contributed by atoms with Crippen molar-refractivity contribution in [1.82, 2.24) is 4.90 Å². The first-order valence-corrected chi connectivity index (χ1v) is 8.76. The summed E-state index contributed by atoms with van der Waals surface area (Å²) < 4.78 is 0. The van der Waals surface area contributed by atoms with Crippen molar-refractivity contribution in [3.63, 3.8) is 0 Å². The molecule has 0 atom stereocenters. The number of para-hydroxylation sites is 1. The van der Waals surface area contributed by atoms with Crippen LogP contribution < -0.4 is 4.90 Å². The highest BCUT2D eigenvalue weighted by Crippen LogP contribution is 2.22. The van der Waals surface area contributed by atoms with E-state index in [-0.39, 0.29) is 24.4 Å². The first kappa shape index (κ1) is 17.5. The monoisotopic (exact) mass is 316 g/mol. The van der Waals surface area contributed by atoms with Crippen LogP contribution in [-0.2, 0) is 9.59 Å². The van der Waals surface area contributed by atoms with Gasteiger partial charge in [0.25, 0.3) is 0 Å². The highest BCUT2D eigenvalue weighted by atomic mass is 16.2. The molecule has 126 valence electrons. The van der Waals surface area contributed by atoms with Gasteiger partial charge in [-0.3, -0.25) is 9.59 Å². The molecule has 0 N–H and O–H groups in total. The molecule has 1 aliphatic rings. The van der Waals surface area contributed by atoms with E-state index < -0.39 is 0 Å². The molecule has 2 amide bonds. The average molecular weight is 316 g/mol. The molecule has 0 aromatic heterocycles. The number of hydrogen-bond donors (Lipinski definition) is 0. The number of benzene rings is 1. The Morgan fingerprint density at radius 2 is 1.65 bits per heavy atom. The molecule has 0 bridgehead atoms. The summed E-state index contributed by atoms with van der Waals surface area (Å²) in [5.74, 6) is 0.00696. The van der Waals surface area contributed by atoms with Gasteiger partial charge in [0, 0.05) is 25.2 Å². The van der Waals surface area contributed by atoms with Gasteiger partial charge >= 0.3 is 0 Å². The lowest BCUT2D eigenvalue weighted by atomic mass is 10.1. The number of likely N-dealkylation sites (N-methyl/N-ethyl adjacent to an activating group) is 1. The predicted molar refractivity (Wildman–Crippen MR) is 93.3 cm³/mol. The van der Waals surface area contributed by atoms with E-state index in [4.69, 9.17) is 0 Å². The lowest BCUT2D eigenvalue weighted by molar-refractivity contribution is -0.136. The maximum atomic E-state index is 12.8. The maximum Gasteiger partial charge on any atom is 0.246 e. The minimum Gasteiger partial charge on any atom is -0.331 e. The molecule has 0 heterocycles. The summed E-state index contributed by atoms with van der Waals surface area (Å²) in [6, 6.07) is 9.89. The van der Waals surface area contributed by atoms with Crippen LogP contribution in [0.1, 0.15) is 52.4 Å². The van der Waals surface area contributed by atoms with Crippen molar-refractivity contribution in [1.29, 1.82) is 0 Å². The molecule has 0 spiro atoms. The minimum absolute atomic E-state index is 0.00172. The Hall–Kier alpha value is -1.84. The quantitative estimate of drug-likeness (QED) is 0.779. The standard InChI is InChI=1S/C19H28N2O2/c1-3-20(17-11-9-6-10-12-17)19(23)15-21(16(2)22)18-13-7-4-5-8-14-18/h6,9-12,18H,3-5,7-8,13-15H2,1-2H3. The number of rotatable bonds is 5. The molecule has 1 saturated carbocycles. The van der Waals surface area contributed by atoms with Crippen LogP contribution in [0.5, 0.6) is 0 Å². The van der Waals surface area contributed by atoms with Crippen molar-refractivity contribution in [2.45, 2.75) is 58.4 Å². The molecular weight excluding hydrogens is 288 g/mol. The summed E-state index contributed by atoms with van der Waals surface area (Å²) in [4.78, 5) is 28.4. The number of carbonyl (C=O) groups is 2. The number of carbonyl (C=O) groups excluding carboxylic acids is 2. The SMILES string of the molecule is CCN(C(=O)CN(C(C)=O)C1CCCCCC1)c1ccccc1. The van der Waals surface area contributed by atoms with Gasteiger partial charge < -0.3 is 9.80 Å². The van der Waals surface area contributed by atoms with Gasteiger partial charge in [0.2, 0.25) is 11.8 Å². The number of hydrogen-bond acceptors (Lipinski definition) is 2. The van der Waals surface area contributed by atoms with Gasteiger partial charge in [-0.05, 0) is 31.9 Å². The van der Waals surface area contributed by atoms with Gasteiger partial charge in [-0.25, -0.2) is 0 Å². The second kappa shape index (κ2) is 8.70. The van der Waals surface area contributed by atoms with Crippen molar-refractivity contribution < 1.29 is 9.59 Å². The molecule has 0 saturated heterocycles. The van der Waals surface area contributed by atoms with Crippen LogP contribution in [0.4, 0.5) is 5.69 Å². The third-order valence-corrected chi connectivity index (χ3v) is 4.66. The molecule has 1 aliphatic carbocycles. The van der Waals surface area contributed by atoms with Crippen LogP contribution in [0.3, 0.4) is 0 Å². The zero-order valence-electron chi connectivity index (χ0n) is 14.3. The third kappa shape index (κ3) is 4.81. The van der Waals surface area contributed by atoms with E-state index in [1.54, 1.807) is 16.7 Å². The minimum atomic E-state index is -0.00172. The molecule has 1 fully saturated rings. The fourth-order valence-electron chi connectivity index (χ4n) is 3.41. The summed E-state index contributed by atoms with van der Waals surface area (Å²) >= 11 is 0. The van der Waals surface area contributed by atoms with Crippen LogP contribution in [0.15, 0.2) is 30.3 Å². The average Bonchev–Trinajstić information content (AvgIpc) is 2.83. The molecule has 0 radical (unpaired) electrons. The van der Waals surface area contributed by atoms with Crippen molar-refractivity contribution in [2.75, 3.05) is 18.0 Å².